The number of hydrogen-bond donors (Lipinski definition) is 2. The molecule has 1 aliphatic heterocycles. The fraction of sp³-hybridized carbons (Fsp3) is 0.448. The summed E-state index contributed by atoms with van der Waals surface area (Å²) in [5, 5.41) is 6.64. The van der Waals surface area contributed by atoms with E-state index < -0.39 is 35.5 Å². The van der Waals surface area contributed by atoms with Crippen LogP contribution >= 0.6 is 0 Å². The van der Waals surface area contributed by atoms with Crippen molar-refractivity contribution >= 4 is 35.3 Å². The number of urea groups is 2. The number of imide groups is 1. The van der Waals surface area contributed by atoms with Crippen molar-refractivity contribution < 1.29 is 28.8 Å². The molecule has 1 aliphatic rings. The van der Waals surface area contributed by atoms with Crippen molar-refractivity contribution in [3.05, 3.63) is 53.6 Å². The van der Waals surface area contributed by atoms with Crippen LogP contribution in [0.25, 0.3) is 0 Å². The molecular weight excluding hydrogens is 514 g/mol. The van der Waals surface area contributed by atoms with Gasteiger partial charge < -0.3 is 20.3 Å². The van der Waals surface area contributed by atoms with Crippen molar-refractivity contribution in [1.29, 1.82) is 0 Å². The quantitative estimate of drug-likeness (QED) is 0.327. The maximum atomic E-state index is 13.7. The van der Waals surface area contributed by atoms with Crippen LogP contribution in [0.4, 0.5) is 21.0 Å². The molecule has 0 bridgehead atoms. The summed E-state index contributed by atoms with van der Waals surface area (Å²) in [7, 11) is 4.29. The highest BCUT2D eigenvalue weighted by atomic mass is 16.7. The van der Waals surface area contributed by atoms with E-state index >= 15 is 0 Å². The number of likely N-dealkylation sites (N-methyl/N-ethyl adjacent to an activating group) is 1. The van der Waals surface area contributed by atoms with E-state index in [1.165, 1.54) is 26.2 Å². The minimum Gasteiger partial charge on any atom is -0.495 e. The second kappa shape index (κ2) is 12.4. The number of anilines is 2. The van der Waals surface area contributed by atoms with Gasteiger partial charge in [0.25, 0.3) is 11.8 Å². The molecule has 6 amide bonds. The molecule has 0 spiro atoms. The molecule has 1 fully saturated rings. The number of amides is 6. The number of ether oxygens (including phenoxy) is 1. The molecule has 11 heteroatoms. The lowest BCUT2D eigenvalue weighted by molar-refractivity contribution is -0.175. The van der Waals surface area contributed by atoms with Gasteiger partial charge in [0.05, 0.1) is 19.9 Å². The smallest absolute Gasteiger partial charge is 0.328 e. The number of hydroxylamine groups is 2. The average Bonchev–Trinajstić information content (AvgIpc) is 3.07. The molecule has 0 aliphatic carbocycles. The lowest BCUT2D eigenvalue weighted by Gasteiger charge is -2.29. The first-order valence-electron chi connectivity index (χ1n) is 13.1. The number of aryl methyl sites for hydroxylation is 1. The number of benzene rings is 2. The zero-order valence-corrected chi connectivity index (χ0v) is 24.4. The molecule has 1 saturated heterocycles. The third kappa shape index (κ3) is 6.36. The van der Waals surface area contributed by atoms with E-state index in [1.54, 1.807) is 38.1 Å². The number of methoxy groups -OCH3 is 1. The largest absolute Gasteiger partial charge is 0.495 e. The standard InChI is InChI=1S/C29H39N5O6/c1-18(2)15-23(25(35)32(6)40-8)34-26(36)29(4,5)33(28(34)38)17-20-13-14-22(24(16-20)39-7)31-27(37)30-21-12-10-9-11-19(21)3/h9-14,16,18,23H,15,17H2,1-8H3,(H2,30,31,37)/t23-/m0/s1. The predicted octanol–water partition coefficient (Wildman–Crippen LogP) is 4.62. The van der Waals surface area contributed by atoms with Crippen LogP contribution in [-0.2, 0) is 21.0 Å². The molecule has 3 rings (SSSR count). The molecule has 40 heavy (non-hydrogen) atoms. The number of rotatable bonds is 10. The van der Waals surface area contributed by atoms with E-state index in [0.717, 1.165) is 15.5 Å². The highest BCUT2D eigenvalue weighted by molar-refractivity contribution is 6.09. The number of hydrogen-bond acceptors (Lipinski definition) is 6. The van der Waals surface area contributed by atoms with Gasteiger partial charge in [0.2, 0.25) is 0 Å². The summed E-state index contributed by atoms with van der Waals surface area (Å²) in [5.74, 6) is -0.500. The number of carbonyl (C=O) groups is 4. The highest BCUT2D eigenvalue weighted by Gasteiger charge is 2.55. The zero-order valence-electron chi connectivity index (χ0n) is 24.4. The maximum absolute atomic E-state index is 13.7. The van der Waals surface area contributed by atoms with Gasteiger partial charge in [0.1, 0.15) is 17.3 Å². The van der Waals surface area contributed by atoms with E-state index in [1.807, 2.05) is 39.0 Å². The molecule has 0 unspecified atom stereocenters. The van der Waals surface area contributed by atoms with Crippen LogP contribution < -0.4 is 15.4 Å². The Balaban J connectivity index is 1.83. The molecular formula is C29H39N5O6. The number of carbonyl (C=O) groups excluding carboxylic acids is 4. The molecule has 1 heterocycles. The summed E-state index contributed by atoms with van der Waals surface area (Å²) in [5.41, 5.74) is 1.53. The number of nitrogens with zero attached hydrogens (tertiary/aromatic N) is 3. The van der Waals surface area contributed by atoms with Crippen molar-refractivity contribution in [3.63, 3.8) is 0 Å². The van der Waals surface area contributed by atoms with Crippen molar-refractivity contribution in [2.45, 2.75) is 59.2 Å². The Morgan fingerprint density at radius 3 is 2.27 bits per heavy atom. The van der Waals surface area contributed by atoms with Gasteiger partial charge in [-0.1, -0.05) is 38.1 Å². The topological polar surface area (TPSA) is 121 Å². The number of nitrogens with one attached hydrogen (secondary N) is 2. The fourth-order valence-electron chi connectivity index (χ4n) is 4.58. The Morgan fingerprint density at radius 1 is 1.02 bits per heavy atom. The summed E-state index contributed by atoms with van der Waals surface area (Å²) in [4.78, 5) is 60.4. The predicted molar refractivity (Wildman–Crippen MR) is 152 cm³/mol. The summed E-state index contributed by atoms with van der Waals surface area (Å²) in [6.07, 6.45) is 0.298. The molecule has 0 saturated carbocycles. The van der Waals surface area contributed by atoms with E-state index in [2.05, 4.69) is 10.6 Å². The summed E-state index contributed by atoms with van der Waals surface area (Å²) in [6, 6.07) is 10.6. The van der Waals surface area contributed by atoms with Crippen LogP contribution in [0.1, 0.15) is 45.2 Å². The Morgan fingerprint density at radius 2 is 1.68 bits per heavy atom. The highest BCUT2D eigenvalue weighted by Crippen LogP contribution is 2.34. The van der Waals surface area contributed by atoms with Crippen LogP contribution in [0, 0.1) is 12.8 Å². The maximum Gasteiger partial charge on any atom is 0.328 e. The molecule has 216 valence electrons. The van der Waals surface area contributed by atoms with Gasteiger partial charge in [-0.3, -0.25) is 14.4 Å². The minimum absolute atomic E-state index is 0.0456. The molecule has 2 N–H and O–H groups in total. The van der Waals surface area contributed by atoms with Crippen molar-refractivity contribution in [2.24, 2.45) is 5.92 Å². The molecule has 0 aromatic heterocycles. The van der Waals surface area contributed by atoms with E-state index in [9.17, 15) is 19.2 Å². The summed E-state index contributed by atoms with van der Waals surface area (Å²) < 4.78 is 5.51. The Bertz CT molecular complexity index is 1280. The second-order valence-electron chi connectivity index (χ2n) is 10.7. The van der Waals surface area contributed by atoms with E-state index in [4.69, 9.17) is 9.57 Å². The van der Waals surface area contributed by atoms with Crippen molar-refractivity contribution in [1.82, 2.24) is 14.9 Å². The average molecular weight is 554 g/mol. The molecule has 1 atom stereocenters. The van der Waals surface area contributed by atoms with Gasteiger partial charge in [-0.25, -0.2) is 19.6 Å². The lowest BCUT2D eigenvalue weighted by Crippen LogP contribution is -2.51. The third-order valence-corrected chi connectivity index (χ3v) is 6.98. The molecule has 11 nitrogen and oxygen atoms in total. The van der Waals surface area contributed by atoms with E-state index in [-0.39, 0.29) is 12.5 Å². The Kier molecular flexibility index (Phi) is 9.41. The molecule has 2 aromatic carbocycles. The zero-order chi connectivity index (χ0) is 29.8. The first-order chi connectivity index (χ1) is 18.8. The van der Waals surface area contributed by atoms with Gasteiger partial charge in [0, 0.05) is 19.3 Å². The fourth-order valence-corrected chi connectivity index (χ4v) is 4.58. The first kappa shape index (κ1) is 30.4. The van der Waals surface area contributed by atoms with Crippen molar-refractivity contribution in [3.8, 4) is 5.75 Å². The third-order valence-electron chi connectivity index (χ3n) is 6.98. The Hall–Kier alpha value is -4.12. The van der Waals surface area contributed by atoms with Crippen LogP contribution in [0.5, 0.6) is 5.75 Å². The Labute approximate surface area is 235 Å². The van der Waals surface area contributed by atoms with Crippen LogP contribution in [-0.4, -0.2) is 71.6 Å². The summed E-state index contributed by atoms with van der Waals surface area (Å²) >= 11 is 0. The molecule has 2 aromatic rings. The summed E-state index contributed by atoms with van der Waals surface area (Å²) in [6.45, 7) is 9.15. The minimum atomic E-state index is -1.20. The first-order valence-corrected chi connectivity index (χ1v) is 13.1. The van der Waals surface area contributed by atoms with Crippen LogP contribution in [0.2, 0.25) is 0 Å². The van der Waals surface area contributed by atoms with E-state index in [0.29, 0.717) is 29.1 Å². The van der Waals surface area contributed by atoms with Gasteiger partial charge in [0.15, 0.2) is 0 Å². The number of para-hydroxylation sites is 1. The SMILES string of the molecule is COc1cc(CN2C(=O)N([C@@H](CC(C)C)C(=O)N(C)OC)C(=O)C2(C)C)ccc1NC(=O)Nc1ccccc1C. The van der Waals surface area contributed by atoms with Gasteiger partial charge in [-0.2, -0.15) is 0 Å². The van der Waals surface area contributed by atoms with Gasteiger partial charge in [-0.15, -0.1) is 0 Å². The lowest BCUT2D eigenvalue weighted by atomic mass is 9.99. The van der Waals surface area contributed by atoms with Crippen molar-refractivity contribution in [2.75, 3.05) is 31.9 Å². The van der Waals surface area contributed by atoms with Crippen LogP contribution in [0.3, 0.4) is 0 Å². The normalized spacial score (nSPS) is 15.3. The van der Waals surface area contributed by atoms with Gasteiger partial charge >= 0.3 is 12.1 Å². The van der Waals surface area contributed by atoms with Gasteiger partial charge in [-0.05, 0) is 62.4 Å². The second-order valence-corrected chi connectivity index (χ2v) is 10.7. The van der Waals surface area contributed by atoms with Crippen LogP contribution in [0.15, 0.2) is 42.5 Å². The molecule has 0 radical (unpaired) electrons. The monoisotopic (exact) mass is 553 g/mol.